The molecule has 27 heavy (non-hydrogen) atoms. The molecule has 1 saturated heterocycles. The number of aliphatic hydroxyl groups is 1. The molecule has 0 radical (unpaired) electrons. The van der Waals surface area contributed by atoms with Crippen LogP contribution in [0.3, 0.4) is 0 Å². The summed E-state index contributed by atoms with van der Waals surface area (Å²) in [6.07, 6.45) is -1.96. The number of aliphatic hydroxyl groups excluding tert-OH is 1. The highest BCUT2D eigenvalue weighted by molar-refractivity contribution is 7.60. The van der Waals surface area contributed by atoms with Gasteiger partial charge in [-0.2, -0.15) is 9.29 Å². The Morgan fingerprint density at radius 1 is 1.41 bits per heavy atom. The number of nitrogens with one attached hydrogen (secondary N) is 1. The number of ether oxygens (including phenoxy) is 1. The number of hydrogen-bond acceptors (Lipinski definition) is 10. The molecule has 7 N–H and O–H groups in total. The van der Waals surface area contributed by atoms with E-state index < -0.39 is 46.2 Å². The van der Waals surface area contributed by atoms with Crippen molar-refractivity contribution in [3.8, 4) is 0 Å². The number of nitrogens with zero attached hydrogens (tertiary/aromatic N) is 3. The zero-order valence-electron chi connectivity index (χ0n) is 13.3. The Morgan fingerprint density at radius 2 is 2.11 bits per heavy atom. The quantitative estimate of drug-likeness (QED) is 0.291. The van der Waals surface area contributed by atoms with Crippen molar-refractivity contribution in [2.75, 3.05) is 12.3 Å². The summed E-state index contributed by atoms with van der Waals surface area (Å²) in [7, 11) is -10.3. The maximum Gasteiger partial charge on any atom is 0.481 e. The summed E-state index contributed by atoms with van der Waals surface area (Å²) in [5.74, 6) is -0.169. The normalized spacial score (nSPS) is 25.7. The minimum Gasteiger partial charge on any atom is -0.388 e. The number of phosphoric ester groups is 1. The number of phosphoric acid groups is 2. The summed E-state index contributed by atoms with van der Waals surface area (Å²) >= 11 is 0. The minimum absolute atomic E-state index is 0.0328. The maximum absolute atomic E-state index is 11.8. The van der Waals surface area contributed by atoms with Crippen LogP contribution in [0.2, 0.25) is 0 Å². The van der Waals surface area contributed by atoms with E-state index in [1.54, 1.807) is 0 Å². The van der Waals surface area contributed by atoms with Gasteiger partial charge in [-0.3, -0.25) is 18.9 Å². The molecule has 0 amide bonds. The Labute approximate surface area is 149 Å². The fraction of sp³-hybridized carbons (Fsp3) is 0.500. The van der Waals surface area contributed by atoms with E-state index in [2.05, 4.69) is 23.8 Å². The van der Waals surface area contributed by atoms with Crippen molar-refractivity contribution < 1.29 is 42.5 Å². The molecule has 1 aliphatic rings. The Balaban J connectivity index is 1.73. The summed E-state index contributed by atoms with van der Waals surface area (Å²) in [5.41, 5.74) is 4.93. The second-order valence-corrected chi connectivity index (χ2v) is 8.39. The van der Waals surface area contributed by atoms with Crippen LogP contribution in [0.4, 0.5) is 5.95 Å². The third-order valence-corrected chi connectivity index (χ3v) is 5.68. The van der Waals surface area contributed by atoms with E-state index in [1.165, 1.54) is 10.9 Å². The molecule has 2 aromatic heterocycles. The molecule has 0 aliphatic carbocycles. The van der Waals surface area contributed by atoms with Crippen molar-refractivity contribution >= 4 is 32.8 Å². The van der Waals surface area contributed by atoms with E-state index in [0.717, 1.165) is 0 Å². The largest absolute Gasteiger partial charge is 0.481 e. The van der Waals surface area contributed by atoms with Crippen molar-refractivity contribution in [3.05, 3.63) is 16.7 Å². The topological polar surface area (TPSA) is 232 Å². The molecular weight excluding hydrogens is 412 g/mol. The number of aromatic amines is 1. The molecule has 1 fully saturated rings. The Hall–Kier alpha value is -1.67. The van der Waals surface area contributed by atoms with E-state index in [1.807, 2.05) is 0 Å². The number of nitrogen functional groups attached to an aromatic ring is 1. The summed E-state index contributed by atoms with van der Waals surface area (Å²) < 4.78 is 37.0. The predicted molar refractivity (Wildman–Crippen MR) is 86.0 cm³/mol. The number of anilines is 1. The van der Waals surface area contributed by atoms with Crippen LogP contribution in [0.25, 0.3) is 11.2 Å². The van der Waals surface area contributed by atoms with E-state index in [0.29, 0.717) is 0 Å². The van der Waals surface area contributed by atoms with E-state index in [4.69, 9.17) is 20.3 Å². The van der Waals surface area contributed by atoms with Gasteiger partial charge in [-0.25, -0.2) is 14.1 Å². The molecule has 1 aliphatic heterocycles. The van der Waals surface area contributed by atoms with Gasteiger partial charge in [-0.05, 0) is 0 Å². The Kier molecular flexibility index (Phi) is 5.24. The first kappa shape index (κ1) is 20.1. The van der Waals surface area contributed by atoms with Crippen LogP contribution < -0.4 is 11.3 Å². The van der Waals surface area contributed by atoms with Crippen molar-refractivity contribution in [2.24, 2.45) is 0 Å². The summed E-state index contributed by atoms with van der Waals surface area (Å²) in [4.78, 5) is 48.2. The molecule has 0 spiro atoms. The first-order valence-corrected chi connectivity index (χ1v) is 10.3. The monoisotopic (exact) mass is 427 g/mol. The predicted octanol–water partition coefficient (Wildman–Crippen LogP) is -1.42. The highest BCUT2D eigenvalue weighted by Gasteiger charge is 2.39. The first-order valence-electron chi connectivity index (χ1n) is 7.25. The standard InChI is InChI=1S/C10H15N5O10P2/c11-10-13-7-6(8(17)14-10)12-3-15(7)9-5(16)1-4(24-9)2-23-27(21,22)25-26(18,19)20/h3-5,9,16H,1-2H2,(H,21,22)(H2,18,19,20)(H3,11,13,14,17)/t4-,5?,9+/m0/s1. The highest BCUT2D eigenvalue weighted by Crippen LogP contribution is 2.57. The molecule has 3 heterocycles. The van der Waals surface area contributed by atoms with E-state index in [-0.39, 0.29) is 23.5 Å². The van der Waals surface area contributed by atoms with Gasteiger partial charge in [0.2, 0.25) is 5.95 Å². The lowest BCUT2D eigenvalue weighted by Crippen LogP contribution is -2.20. The summed E-state index contributed by atoms with van der Waals surface area (Å²) in [6, 6.07) is 0. The fourth-order valence-electron chi connectivity index (χ4n) is 2.55. The van der Waals surface area contributed by atoms with E-state index >= 15 is 0 Å². The van der Waals surface area contributed by atoms with Gasteiger partial charge in [-0.1, -0.05) is 0 Å². The molecule has 0 aromatic carbocycles. The molecule has 4 atom stereocenters. The number of fused-ring (bicyclic) bond motifs is 1. The lowest BCUT2D eigenvalue weighted by molar-refractivity contribution is -0.0481. The first-order chi connectivity index (χ1) is 12.5. The molecule has 150 valence electrons. The van der Waals surface area contributed by atoms with Crippen molar-refractivity contribution in [3.63, 3.8) is 0 Å². The van der Waals surface area contributed by atoms with Crippen molar-refractivity contribution in [2.45, 2.75) is 24.9 Å². The molecular formula is C10H15N5O10P2. The Bertz CT molecular complexity index is 1000. The zero-order valence-corrected chi connectivity index (χ0v) is 15.1. The molecule has 15 nitrogen and oxygen atoms in total. The summed E-state index contributed by atoms with van der Waals surface area (Å²) in [5, 5.41) is 10.2. The molecule has 17 heteroatoms. The SMILES string of the molecule is Nc1nc2c(ncn2[C@@H]2O[C@H](COP(=O)(O)OP(=O)(O)O)CC2O)c(=O)[nH]1. The lowest BCUT2D eigenvalue weighted by Gasteiger charge is -2.17. The minimum atomic E-state index is -5.24. The number of hydrogen-bond donors (Lipinski definition) is 6. The van der Waals surface area contributed by atoms with Gasteiger partial charge in [0, 0.05) is 6.42 Å². The summed E-state index contributed by atoms with van der Waals surface area (Å²) in [6.45, 7) is -0.607. The second kappa shape index (κ2) is 7.05. The molecule has 2 unspecified atom stereocenters. The zero-order chi connectivity index (χ0) is 20.0. The third-order valence-electron chi connectivity index (χ3n) is 3.52. The van der Waals surface area contributed by atoms with Gasteiger partial charge in [0.05, 0.1) is 19.0 Å². The van der Waals surface area contributed by atoms with Crippen LogP contribution in [-0.4, -0.2) is 58.1 Å². The lowest BCUT2D eigenvalue weighted by atomic mass is 10.2. The van der Waals surface area contributed by atoms with Crippen LogP contribution in [0.1, 0.15) is 12.6 Å². The Morgan fingerprint density at radius 3 is 2.78 bits per heavy atom. The van der Waals surface area contributed by atoms with Gasteiger partial charge in [0.15, 0.2) is 17.4 Å². The van der Waals surface area contributed by atoms with Crippen molar-refractivity contribution in [1.82, 2.24) is 19.5 Å². The van der Waals surface area contributed by atoms with Crippen LogP contribution in [0.15, 0.2) is 11.1 Å². The van der Waals surface area contributed by atoms with Crippen LogP contribution in [0.5, 0.6) is 0 Å². The smallest absolute Gasteiger partial charge is 0.388 e. The highest BCUT2D eigenvalue weighted by atomic mass is 31.3. The average Bonchev–Trinajstić information content (AvgIpc) is 3.06. The fourth-order valence-corrected chi connectivity index (χ4v) is 4.17. The number of H-pyrrole nitrogens is 1. The molecule has 0 saturated carbocycles. The van der Waals surface area contributed by atoms with Gasteiger partial charge < -0.3 is 30.3 Å². The number of nitrogens with two attached hydrogens (primary N) is 1. The molecule has 3 rings (SSSR count). The second-order valence-electron chi connectivity index (χ2n) is 5.56. The average molecular weight is 427 g/mol. The number of imidazole rings is 1. The number of rotatable bonds is 6. The van der Waals surface area contributed by atoms with Gasteiger partial charge in [0.1, 0.15) is 6.10 Å². The number of aromatic nitrogens is 4. The van der Waals surface area contributed by atoms with E-state index in [9.17, 15) is 23.9 Å². The van der Waals surface area contributed by atoms with Crippen LogP contribution in [-0.2, 0) is 22.7 Å². The molecule has 0 bridgehead atoms. The maximum atomic E-state index is 11.8. The van der Waals surface area contributed by atoms with Gasteiger partial charge >= 0.3 is 15.6 Å². The van der Waals surface area contributed by atoms with Gasteiger partial charge in [0.25, 0.3) is 5.56 Å². The van der Waals surface area contributed by atoms with Crippen LogP contribution >= 0.6 is 15.6 Å². The van der Waals surface area contributed by atoms with Crippen LogP contribution in [0, 0.1) is 0 Å². The van der Waals surface area contributed by atoms with Crippen molar-refractivity contribution in [1.29, 1.82) is 0 Å². The molecule has 2 aromatic rings. The van der Waals surface area contributed by atoms with Gasteiger partial charge in [-0.15, -0.1) is 0 Å². The third kappa shape index (κ3) is 4.60.